The second-order valence-corrected chi connectivity index (χ2v) is 11.9. The minimum atomic E-state index is -0.914. The van der Waals surface area contributed by atoms with Gasteiger partial charge in [0.05, 0.1) is 19.1 Å². The molecular weight excluding hydrogens is 580 g/mol. The highest BCUT2D eigenvalue weighted by Gasteiger charge is 2.48. The molecule has 44 heavy (non-hydrogen) atoms. The molecule has 1 saturated heterocycles. The van der Waals surface area contributed by atoms with Gasteiger partial charge in [-0.05, 0) is 84.3 Å². The monoisotopic (exact) mass is 620 g/mol. The number of hydrogen-bond donors (Lipinski definition) is 2. The van der Waals surface area contributed by atoms with E-state index < -0.39 is 17.9 Å². The van der Waals surface area contributed by atoms with Crippen LogP contribution in [0.25, 0.3) is 0 Å². The molecule has 0 radical (unpaired) electrons. The molecule has 3 atom stereocenters. The van der Waals surface area contributed by atoms with Crippen LogP contribution in [0.4, 0.5) is 5.69 Å². The molecule has 0 unspecified atom stereocenters. The lowest BCUT2D eigenvalue weighted by atomic mass is 9.81. The first-order valence-electron chi connectivity index (χ1n) is 15.4. The van der Waals surface area contributed by atoms with Gasteiger partial charge in [0.25, 0.3) is 0 Å². The number of aryl methyl sites for hydroxylation is 2. The van der Waals surface area contributed by atoms with E-state index in [1.54, 1.807) is 0 Å². The number of carboxylic acid groups (broad SMARTS) is 1. The third-order valence-corrected chi connectivity index (χ3v) is 8.96. The Morgan fingerprint density at radius 2 is 1.75 bits per heavy atom. The van der Waals surface area contributed by atoms with E-state index >= 15 is 0 Å². The number of benzene rings is 3. The third kappa shape index (κ3) is 6.52. The number of likely N-dealkylation sites (tertiary alicyclic amines) is 1. The fourth-order valence-corrected chi connectivity index (χ4v) is 6.80. The van der Waals surface area contributed by atoms with Crippen LogP contribution in [0.15, 0.2) is 48.5 Å². The number of nitrogens with one attached hydrogen (secondary N) is 1. The molecule has 2 N–H and O–H groups in total. The molecule has 0 aromatic heterocycles. The Balaban J connectivity index is 1.49. The first-order valence-corrected chi connectivity index (χ1v) is 15.8. The Labute approximate surface area is 264 Å². The minimum absolute atomic E-state index is 0.0260. The van der Waals surface area contributed by atoms with Crippen molar-refractivity contribution >= 4 is 29.2 Å². The molecule has 1 amide bonds. The second-order valence-electron chi connectivity index (χ2n) is 11.5. The van der Waals surface area contributed by atoms with E-state index in [-0.39, 0.29) is 25.2 Å². The van der Waals surface area contributed by atoms with Gasteiger partial charge < -0.3 is 24.6 Å². The highest BCUT2D eigenvalue weighted by Crippen LogP contribution is 2.49. The number of halogens is 1. The van der Waals surface area contributed by atoms with Gasteiger partial charge in [0.15, 0.2) is 11.5 Å². The number of fused-ring (bicyclic) bond motifs is 1. The molecule has 2 aliphatic heterocycles. The second kappa shape index (κ2) is 13.9. The quantitative estimate of drug-likeness (QED) is 0.207. The van der Waals surface area contributed by atoms with Gasteiger partial charge >= 0.3 is 5.97 Å². The van der Waals surface area contributed by atoms with E-state index in [0.717, 1.165) is 64.9 Å². The van der Waals surface area contributed by atoms with Crippen molar-refractivity contribution in [2.45, 2.75) is 65.3 Å². The molecule has 234 valence electrons. The minimum Gasteiger partial charge on any atom is -0.494 e. The van der Waals surface area contributed by atoms with Gasteiger partial charge in [-0.1, -0.05) is 57.0 Å². The van der Waals surface area contributed by atoms with Crippen LogP contribution in [0.2, 0.25) is 5.02 Å². The average Bonchev–Trinajstić information content (AvgIpc) is 3.64. The Morgan fingerprint density at radius 3 is 2.39 bits per heavy atom. The SMILES string of the molecule is CCCCOc1ccc([C@H]2[C@H](C(=O)O)[C@@H](c3ccc4c(c3C)OCO4)CN2CC(=O)Nc2c(CC)cc(Cl)cc2CC)cc1. The van der Waals surface area contributed by atoms with Gasteiger partial charge in [-0.15, -0.1) is 0 Å². The number of anilines is 1. The summed E-state index contributed by atoms with van der Waals surface area (Å²) in [6.07, 6.45) is 3.43. The summed E-state index contributed by atoms with van der Waals surface area (Å²) >= 11 is 6.35. The summed E-state index contributed by atoms with van der Waals surface area (Å²) in [4.78, 5) is 28.8. The Morgan fingerprint density at radius 1 is 1.05 bits per heavy atom. The lowest BCUT2D eigenvalue weighted by molar-refractivity contribution is -0.143. The van der Waals surface area contributed by atoms with Gasteiger partial charge in [0.2, 0.25) is 12.7 Å². The molecule has 0 saturated carbocycles. The number of rotatable bonds is 12. The van der Waals surface area contributed by atoms with E-state index in [1.165, 1.54) is 0 Å². The number of amides is 1. The zero-order chi connectivity index (χ0) is 31.4. The lowest BCUT2D eigenvalue weighted by Gasteiger charge is -2.27. The molecule has 2 aliphatic rings. The van der Waals surface area contributed by atoms with Crippen LogP contribution in [-0.4, -0.2) is 48.4 Å². The van der Waals surface area contributed by atoms with Crippen molar-refractivity contribution < 1.29 is 28.9 Å². The number of carbonyl (C=O) groups is 2. The van der Waals surface area contributed by atoms with Crippen LogP contribution in [0.5, 0.6) is 17.2 Å². The molecule has 8 nitrogen and oxygen atoms in total. The van der Waals surface area contributed by atoms with E-state index in [4.69, 9.17) is 25.8 Å². The molecular formula is C35H41ClN2O6. The number of ether oxygens (including phenoxy) is 3. The highest BCUT2D eigenvalue weighted by atomic mass is 35.5. The van der Waals surface area contributed by atoms with Crippen LogP contribution in [0.1, 0.15) is 73.4 Å². The van der Waals surface area contributed by atoms with Gasteiger partial charge in [-0.2, -0.15) is 0 Å². The van der Waals surface area contributed by atoms with Gasteiger partial charge in [-0.3, -0.25) is 14.5 Å². The Bertz CT molecular complexity index is 1480. The number of unbranched alkanes of at least 4 members (excludes halogenated alkanes) is 1. The van der Waals surface area contributed by atoms with Gasteiger partial charge in [0, 0.05) is 29.2 Å². The standard InChI is InChI=1S/C35H41ClN2O6/c1-5-8-15-42-26-11-9-24(10-12-26)33-31(35(40)41)28(27-13-14-29-34(21(27)4)44-20-43-29)18-38(33)19-30(39)37-32-22(6-2)16-25(36)17-23(32)7-3/h9-14,16-17,28,31,33H,5-8,15,18-20H2,1-4H3,(H,37,39)(H,40,41)/t28-,31-,33+/m1/s1. The van der Waals surface area contributed by atoms with Crippen molar-refractivity contribution in [3.63, 3.8) is 0 Å². The number of carboxylic acids is 1. The Kier molecular flexibility index (Phi) is 10.0. The molecule has 5 rings (SSSR count). The largest absolute Gasteiger partial charge is 0.494 e. The maximum Gasteiger partial charge on any atom is 0.309 e. The number of hydrogen-bond acceptors (Lipinski definition) is 6. The van der Waals surface area contributed by atoms with Crippen molar-refractivity contribution in [1.82, 2.24) is 4.90 Å². The summed E-state index contributed by atoms with van der Waals surface area (Å²) in [5.74, 6) is -0.258. The third-order valence-electron chi connectivity index (χ3n) is 8.74. The predicted molar refractivity (Wildman–Crippen MR) is 171 cm³/mol. The molecule has 2 heterocycles. The first-order chi connectivity index (χ1) is 21.2. The van der Waals surface area contributed by atoms with Crippen molar-refractivity contribution in [3.05, 3.63) is 81.4 Å². The maximum absolute atomic E-state index is 13.7. The summed E-state index contributed by atoms with van der Waals surface area (Å²) in [5.41, 5.74) is 5.29. The van der Waals surface area contributed by atoms with Crippen LogP contribution in [0.3, 0.4) is 0 Å². The van der Waals surface area contributed by atoms with Gasteiger partial charge in [-0.25, -0.2) is 0 Å². The Hall–Kier alpha value is -3.75. The number of nitrogens with zero attached hydrogens (tertiary/aromatic N) is 1. The average molecular weight is 621 g/mol. The normalized spacial score (nSPS) is 19.2. The smallest absolute Gasteiger partial charge is 0.309 e. The van der Waals surface area contributed by atoms with Crippen LogP contribution in [-0.2, 0) is 22.4 Å². The van der Waals surface area contributed by atoms with E-state index in [0.29, 0.717) is 29.7 Å². The molecule has 3 aromatic carbocycles. The summed E-state index contributed by atoms with van der Waals surface area (Å²) in [7, 11) is 0. The summed E-state index contributed by atoms with van der Waals surface area (Å²) < 4.78 is 17.2. The van der Waals surface area contributed by atoms with Crippen molar-refractivity contribution in [3.8, 4) is 17.2 Å². The molecule has 0 aliphatic carbocycles. The van der Waals surface area contributed by atoms with E-state index in [2.05, 4.69) is 12.2 Å². The molecule has 1 fully saturated rings. The number of aliphatic carboxylic acids is 1. The van der Waals surface area contributed by atoms with Crippen LogP contribution >= 0.6 is 11.6 Å². The van der Waals surface area contributed by atoms with Crippen molar-refractivity contribution in [1.29, 1.82) is 0 Å². The van der Waals surface area contributed by atoms with Gasteiger partial charge in [0.1, 0.15) is 5.75 Å². The predicted octanol–water partition coefficient (Wildman–Crippen LogP) is 7.16. The van der Waals surface area contributed by atoms with E-state index in [9.17, 15) is 14.7 Å². The zero-order valence-corrected chi connectivity index (χ0v) is 26.6. The zero-order valence-electron chi connectivity index (χ0n) is 25.8. The van der Waals surface area contributed by atoms with Crippen LogP contribution in [0, 0.1) is 12.8 Å². The first kappa shape index (κ1) is 31.7. The van der Waals surface area contributed by atoms with Crippen LogP contribution < -0.4 is 19.5 Å². The molecule has 3 aromatic rings. The summed E-state index contributed by atoms with van der Waals surface area (Å²) in [6, 6.07) is 14.6. The fourth-order valence-electron chi connectivity index (χ4n) is 6.54. The molecule has 0 spiro atoms. The number of carbonyl (C=O) groups excluding carboxylic acids is 1. The van der Waals surface area contributed by atoms with Crippen molar-refractivity contribution in [2.24, 2.45) is 5.92 Å². The lowest BCUT2D eigenvalue weighted by Crippen LogP contribution is -2.35. The summed E-state index contributed by atoms with van der Waals surface area (Å²) in [6.45, 7) is 9.28. The maximum atomic E-state index is 13.7. The molecule has 0 bridgehead atoms. The fraction of sp³-hybridized carbons (Fsp3) is 0.429. The van der Waals surface area contributed by atoms with Crippen molar-refractivity contribution in [2.75, 3.05) is 31.8 Å². The highest BCUT2D eigenvalue weighted by molar-refractivity contribution is 6.30. The van der Waals surface area contributed by atoms with E-state index in [1.807, 2.05) is 74.2 Å². The topological polar surface area (TPSA) is 97.3 Å². The summed E-state index contributed by atoms with van der Waals surface area (Å²) in [5, 5.41) is 14.5. The molecule has 9 heteroatoms.